The van der Waals surface area contributed by atoms with E-state index in [0.29, 0.717) is 5.30 Å². The summed E-state index contributed by atoms with van der Waals surface area (Å²) in [5.41, 5.74) is 1.99. The standard InChI is InChI=1S/C17H28O3P/c1-9-20-21(18,19)15-13(16(3,4)5)10-12(2)11-14(15)17(6,7)8/h10-11H,2,9H2,1,3-8H3,(H,18,19). The molecule has 1 aromatic carbocycles. The van der Waals surface area contributed by atoms with E-state index in [0.717, 1.165) is 16.7 Å². The van der Waals surface area contributed by atoms with Gasteiger partial charge in [-0.3, -0.25) is 4.57 Å². The minimum Gasteiger partial charge on any atom is -0.321 e. The van der Waals surface area contributed by atoms with Crippen molar-refractivity contribution in [2.24, 2.45) is 0 Å². The van der Waals surface area contributed by atoms with Crippen molar-refractivity contribution in [2.75, 3.05) is 6.61 Å². The molecule has 1 aromatic rings. The Labute approximate surface area is 129 Å². The van der Waals surface area contributed by atoms with Crippen molar-refractivity contribution in [3.8, 4) is 0 Å². The van der Waals surface area contributed by atoms with Crippen molar-refractivity contribution in [3.05, 3.63) is 35.7 Å². The Morgan fingerprint density at radius 3 is 1.76 bits per heavy atom. The van der Waals surface area contributed by atoms with E-state index < -0.39 is 7.60 Å². The van der Waals surface area contributed by atoms with Crippen LogP contribution in [0.2, 0.25) is 0 Å². The van der Waals surface area contributed by atoms with Crippen LogP contribution in [0.5, 0.6) is 0 Å². The van der Waals surface area contributed by atoms with Crippen molar-refractivity contribution >= 4 is 12.9 Å². The maximum absolute atomic E-state index is 12.8. The second-order valence-electron chi connectivity index (χ2n) is 7.48. The number of hydrogen-bond acceptors (Lipinski definition) is 2. The average Bonchev–Trinajstić information content (AvgIpc) is 2.24. The lowest BCUT2D eigenvalue weighted by Crippen LogP contribution is -2.31. The highest BCUT2D eigenvalue weighted by atomic mass is 31.2. The van der Waals surface area contributed by atoms with E-state index >= 15 is 0 Å². The Morgan fingerprint density at radius 2 is 1.48 bits per heavy atom. The van der Waals surface area contributed by atoms with Gasteiger partial charge in [0, 0.05) is 0 Å². The van der Waals surface area contributed by atoms with Gasteiger partial charge in [0.2, 0.25) is 0 Å². The molecule has 0 aliphatic carbocycles. The van der Waals surface area contributed by atoms with Crippen molar-refractivity contribution in [1.82, 2.24) is 0 Å². The summed E-state index contributed by atoms with van der Waals surface area (Å²) in [5.74, 6) is 0. The summed E-state index contributed by atoms with van der Waals surface area (Å²) in [6, 6.07) is 3.79. The summed E-state index contributed by atoms with van der Waals surface area (Å²) in [4.78, 5) is 10.5. The van der Waals surface area contributed by atoms with Crippen LogP contribution in [-0.4, -0.2) is 11.5 Å². The quantitative estimate of drug-likeness (QED) is 0.846. The monoisotopic (exact) mass is 311 g/mol. The molecule has 0 fully saturated rings. The molecule has 0 heterocycles. The lowest BCUT2D eigenvalue weighted by molar-refractivity contribution is 0.283. The van der Waals surface area contributed by atoms with E-state index in [9.17, 15) is 9.46 Å². The van der Waals surface area contributed by atoms with Gasteiger partial charge in [-0.15, -0.1) is 0 Å². The third-order valence-corrected chi connectivity index (χ3v) is 5.03. The molecule has 1 atom stereocenters. The summed E-state index contributed by atoms with van der Waals surface area (Å²) in [6.45, 7) is 18.1. The fourth-order valence-electron chi connectivity index (χ4n) is 2.38. The van der Waals surface area contributed by atoms with Gasteiger partial charge in [0.15, 0.2) is 0 Å². The van der Waals surface area contributed by atoms with Crippen LogP contribution in [-0.2, 0) is 19.9 Å². The zero-order chi connectivity index (χ0) is 16.6. The summed E-state index contributed by atoms with van der Waals surface area (Å²) in [6.07, 6.45) is 0. The van der Waals surface area contributed by atoms with Gasteiger partial charge in [-0.05, 0) is 41.4 Å². The molecule has 0 spiro atoms. The Hall–Kier alpha value is -0.630. The minimum atomic E-state index is -3.86. The highest BCUT2D eigenvalue weighted by Crippen LogP contribution is 2.47. The van der Waals surface area contributed by atoms with Crippen LogP contribution in [0.3, 0.4) is 0 Å². The Bertz CT molecular complexity index is 527. The molecule has 1 rings (SSSR count). The van der Waals surface area contributed by atoms with Crippen LogP contribution in [0.1, 0.15) is 65.2 Å². The summed E-state index contributed by atoms with van der Waals surface area (Å²) in [7, 11) is -3.86. The number of benzene rings is 1. The van der Waals surface area contributed by atoms with Gasteiger partial charge in [0.05, 0.1) is 11.9 Å². The van der Waals surface area contributed by atoms with Gasteiger partial charge < -0.3 is 9.42 Å². The van der Waals surface area contributed by atoms with E-state index in [-0.39, 0.29) is 17.4 Å². The first-order valence-electron chi connectivity index (χ1n) is 7.29. The largest absolute Gasteiger partial charge is 0.359 e. The molecule has 4 heteroatoms. The van der Waals surface area contributed by atoms with Crippen LogP contribution in [0.4, 0.5) is 0 Å². The van der Waals surface area contributed by atoms with Crippen LogP contribution in [0.25, 0.3) is 0 Å². The highest BCUT2D eigenvalue weighted by molar-refractivity contribution is 7.61. The fourth-order valence-corrected chi connectivity index (χ4v) is 4.27. The molecule has 0 aromatic heterocycles. The van der Waals surface area contributed by atoms with Gasteiger partial charge in [-0.2, -0.15) is 0 Å². The third kappa shape index (κ3) is 4.18. The zero-order valence-corrected chi connectivity index (χ0v) is 15.2. The Morgan fingerprint density at radius 1 is 1.10 bits per heavy atom. The van der Waals surface area contributed by atoms with E-state index in [4.69, 9.17) is 4.52 Å². The predicted octanol–water partition coefficient (Wildman–Crippen LogP) is 4.31. The molecule has 119 valence electrons. The molecule has 1 unspecified atom stereocenters. The molecule has 0 amide bonds. The second kappa shape index (κ2) is 5.87. The lowest BCUT2D eigenvalue weighted by atomic mass is 9.79. The molecule has 1 radical (unpaired) electrons. The first-order valence-corrected chi connectivity index (χ1v) is 8.87. The van der Waals surface area contributed by atoms with Crippen molar-refractivity contribution in [1.29, 1.82) is 0 Å². The van der Waals surface area contributed by atoms with Crippen molar-refractivity contribution in [3.63, 3.8) is 0 Å². The summed E-state index contributed by atoms with van der Waals surface area (Å²) >= 11 is 0. The topological polar surface area (TPSA) is 46.5 Å². The van der Waals surface area contributed by atoms with E-state index in [1.165, 1.54) is 0 Å². The van der Waals surface area contributed by atoms with Crippen LogP contribution in [0.15, 0.2) is 12.1 Å². The van der Waals surface area contributed by atoms with Crippen molar-refractivity contribution in [2.45, 2.75) is 59.3 Å². The number of hydrogen-bond donors (Lipinski definition) is 1. The maximum Gasteiger partial charge on any atom is 0.359 e. The molecule has 3 nitrogen and oxygen atoms in total. The predicted molar refractivity (Wildman–Crippen MR) is 89.4 cm³/mol. The SMILES string of the molecule is [CH2]c1cc(C(C)(C)C)c(P(=O)(O)OCC)c(C(C)(C)C)c1. The molecule has 0 saturated carbocycles. The zero-order valence-electron chi connectivity index (χ0n) is 14.3. The third-order valence-electron chi connectivity index (χ3n) is 3.37. The Kier molecular flexibility index (Phi) is 5.15. The molecular formula is C17H28O3P. The van der Waals surface area contributed by atoms with Gasteiger partial charge in [0.25, 0.3) is 0 Å². The molecule has 0 aliphatic heterocycles. The second-order valence-corrected chi connectivity index (χ2v) is 9.22. The van der Waals surface area contributed by atoms with Crippen LogP contribution >= 0.6 is 7.60 Å². The molecule has 0 aliphatic rings. The van der Waals surface area contributed by atoms with Crippen LogP contribution < -0.4 is 5.30 Å². The molecule has 0 saturated heterocycles. The van der Waals surface area contributed by atoms with E-state index in [1.807, 2.05) is 53.7 Å². The van der Waals surface area contributed by atoms with Gasteiger partial charge >= 0.3 is 7.60 Å². The maximum atomic E-state index is 12.8. The van der Waals surface area contributed by atoms with E-state index in [1.54, 1.807) is 6.92 Å². The molecule has 1 N–H and O–H groups in total. The fraction of sp³-hybridized carbons (Fsp3) is 0.588. The minimum absolute atomic E-state index is 0.201. The van der Waals surface area contributed by atoms with Crippen LogP contribution in [0, 0.1) is 6.92 Å². The van der Waals surface area contributed by atoms with Crippen molar-refractivity contribution < 1.29 is 14.0 Å². The molecular weight excluding hydrogens is 283 g/mol. The first-order chi connectivity index (χ1) is 9.30. The molecule has 21 heavy (non-hydrogen) atoms. The normalized spacial score (nSPS) is 15.9. The molecule has 0 bridgehead atoms. The first kappa shape index (κ1) is 18.4. The number of rotatable bonds is 3. The van der Waals surface area contributed by atoms with E-state index in [2.05, 4.69) is 6.92 Å². The lowest BCUT2D eigenvalue weighted by Gasteiger charge is -2.32. The smallest absolute Gasteiger partial charge is 0.321 e. The Balaban J connectivity index is 3.83. The van der Waals surface area contributed by atoms with Gasteiger partial charge in [-0.25, -0.2) is 0 Å². The average molecular weight is 311 g/mol. The highest BCUT2D eigenvalue weighted by Gasteiger charge is 2.36. The van der Waals surface area contributed by atoms with Gasteiger partial charge in [0.1, 0.15) is 0 Å². The summed E-state index contributed by atoms with van der Waals surface area (Å²) in [5, 5.41) is 0.441. The van der Waals surface area contributed by atoms with Gasteiger partial charge in [-0.1, -0.05) is 53.7 Å². The summed E-state index contributed by atoms with van der Waals surface area (Å²) < 4.78 is 18.0.